The Hall–Kier alpha value is -2.11. The topological polar surface area (TPSA) is 90.5 Å². The summed E-state index contributed by atoms with van der Waals surface area (Å²) >= 11 is 0. The SMILES string of the molecule is CCN(CC)C(=N)c1ccc(O)c([N+](=O)[O-])c1. The molecule has 0 aromatic heterocycles. The molecule has 1 aromatic carbocycles. The van der Waals surface area contributed by atoms with Crippen LogP contribution < -0.4 is 0 Å². The molecule has 92 valence electrons. The molecule has 0 heterocycles. The molecule has 0 saturated carbocycles. The maximum atomic E-state index is 10.7. The minimum atomic E-state index is -0.658. The smallest absolute Gasteiger partial charge is 0.311 e. The lowest BCUT2D eigenvalue weighted by molar-refractivity contribution is -0.385. The van der Waals surface area contributed by atoms with Crippen molar-refractivity contribution in [1.29, 1.82) is 5.41 Å². The van der Waals surface area contributed by atoms with Crippen LogP contribution in [-0.4, -0.2) is 33.9 Å². The van der Waals surface area contributed by atoms with Crippen molar-refractivity contribution < 1.29 is 10.0 Å². The van der Waals surface area contributed by atoms with Crippen molar-refractivity contribution >= 4 is 11.5 Å². The number of nitrogens with one attached hydrogen (secondary N) is 1. The van der Waals surface area contributed by atoms with E-state index >= 15 is 0 Å². The Morgan fingerprint density at radius 1 is 1.47 bits per heavy atom. The largest absolute Gasteiger partial charge is 0.502 e. The average Bonchev–Trinajstić information content (AvgIpc) is 2.30. The lowest BCUT2D eigenvalue weighted by Crippen LogP contribution is -2.30. The van der Waals surface area contributed by atoms with Gasteiger partial charge in [0.1, 0.15) is 5.84 Å². The predicted molar refractivity (Wildman–Crippen MR) is 64.5 cm³/mol. The van der Waals surface area contributed by atoms with Gasteiger partial charge in [-0.05, 0) is 26.0 Å². The first kappa shape index (κ1) is 13.0. The highest BCUT2D eigenvalue weighted by molar-refractivity contribution is 5.97. The molecule has 6 heteroatoms. The number of phenols is 1. The highest BCUT2D eigenvalue weighted by Gasteiger charge is 2.17. The number of benzene rings is 1. The van der Waals surface area contributed by atoms with Crippen molar-refractivity contribution in [3.8, 4) is 5.75 Å². The van der Waals surface area contributed by atoms with Crippen LogP contribution in [0.25, 0.3) is 0 Å². The summed E-state index contributed by atoms with van der Waals surface area (Å²) in [5.41, 5.74) is 0.0533. The number of phenolic OH excluding ortho intramolecular Hbond substituents is 1. The first-order valence-electron chi connectivity index (χ1n) is 5.32. The second-order valence-electron chi connectivity index (χ2n) is 3.48. The van der Waals surface area contributed by atoms with E-state index in [9.17, 15) is 15.2 Å². The van der Waals surface area contributed by atoms with Crippen molar-refractivity contribution in [3.63, 3.8) is 0 Å². The van der Waals surface area contributed by atoms with E-state index in [1.165, 1.54) is 18.2 Å². The van der Waals surface area contributed by atoms with Crippen molar-refractivity contribution in [3.05, 3.63) is 33.9 Å². The van der Waals surface area contributed by atoms with E-state index in [2.05, 4.69) is 0 Å². The molecule has 2 N–H and O–H groups in total. The molecule has 1 aromatic rings. The summed E-state index contributed by atoms with van der Waals surface area (Å²) in [6.07, 6.45) is 0. The van der Waals surface area contributed by atoms with Crippen LogP contribution in [0.15, 0.2) is 18.2 Å². The molecule has 0 saturated heterocycles. The quantitative estimate of drug-likeness (QED) is 0.362. The normalized spacial score (nSPS) is 10.0. The summed E-state index contributed by atoms with van der Waals surface area (Å²) in [6.45, 7) is 5.13. The van der Waals surface area contributed by atoms with Crippen molar-refractivity contribution in [2.45, 2.75) is 13.8 Å². The molecule has 17 heavy (non-hydrogen) atoms. The van der Waals surface area contributed by atoms with E-state index in [0.29, 0.717) is 18.7 Å². The Kier molecular flexibility index (Phi) is 4.03. The molecule has 0 spiro atoms. The Morgan fingerprint density at radius 3 is 2.53 bits per heavy atom. The van der Waals surface area contributed by atoms with Gasteiger partial charge in [0.05, 0.1) is 4.92 Å². The van der Waals surface area contributed by atoms with Gasteiger partial charge in [0.25, 0.3) is 0 Å². The Morgan fingerprint density at radius 2 is 2.06 bits per heavy atom. The van der Waals surface area contributed by atoms with E-state index in [1.807, 2.05) is 13.8 Å². The summed E-state index contributed by atoms with van der Waals surface area (Å²) in [6, 6.07) is 3.96. The molecule has 0 atom stereocenters. The zero-order valence-electron chi connectivity index (χ0n) is 9.80. The van der Waals surface area contributed by atoms with Gasteiger partial charge in [0, 0.05) is 24.7 Å². The van der Waals surface area contributed by atoms with E-state index in [4.69, 9.17) is 5.41 Å². The summed E-state index contributed by atoms with van der Waals surface area (Å²) in [7, 11) is 0. The standard InChI is InChI=1S/C11H15N3O3/c1-3-13(4-2)11(12)8-5-6-10(15)9(7-8)14(16)17/h5-7,12,15H,3-4H2,1-2H3. The molecule has 0 aliphatic rings. The number of hydrogen-bond donors (Lipinski definition) is 2. The van der Waals surface area contributed by atoms with E-state index in [0.717, 1.165) is 0 Å². The van der Waals surface area contributed by atoms with Crippen LogP contribution in [0.3, 0.4) is 0 Å². The summed E-state index contributed by atoms with van der Waals surface area (Å²) in [4.78, 5) is 11.8. The molecule has 0 bridgehead atoms. The molecule has 0 aliphatic heterocycles. The van der Waals surface area contributed by atoms with Crippen molar-refractivity contribution in [2.24, 2.45) is 0 Å². The van der Waals surface area contributed by atoms with Gasteiger partial charge in [-0.15, -0.1) is 0 Å². The maximum Gasteiger partial charge on any atom is 0.311 e. The van der Waals surface area contributed by atoms with Crippen LogP contribution in [0.2, 0.25) is 0 Å². The molecule has 1 rings (SSSR count). The second kappa shape index (κ2) is 5.29. The van der Waals surface area contributed by atoms with Crippen LogP contribution >= 0.6 is 0 Å². The van der Waals surface area contributed by atoms with Crippen molar-refractivity contribution in [2.75, 3.05) is 13.1 Å². The summed E-state index contributed by atoms with van der Waals surface area (Å²) < 4.78 is 0. The number of amidine groups is 1. The van der Waals surface area contributed by atoms with E-state index in [-0.39, 0.29) is 17.3 Å². The molecular weight excluding hydrogens is 222 g/mol. The third kappa shape index (κ3) is 2.72. The van der Waals surface area contributed by atoms with Gasteiger partial charge in [0.2, 0.25) is 0 Å². The molecule has 0 radical (unpaired) electrons. The Balaban J connectivity index is 3.11. The Bertz CT molecular complexity index is 442. The van der Waals surface area contributed by atoms with Gasteiger partial charge in [-0.3, -0.25) is 15.5 Å². The molecule has 6 nitrogen and oxygen atoms in total. The highest BCUT2D eigenvalue weighted by Crippen LogP contribution is 2.26. The zero-order chi connectivity index (χ0) is 13.0. The number of nitro benzene ring substituents is 1. The summed E-state index contributed by atoms with van der Waals surface area (Å²) in [5, 5.41) is 27.9. The van der Waals surface area contributed by atoms with E-state index in [1.54, 1.807) is 4.90 Å². The number of rotatable bonds is 4. The van der Waals surface area contributed by atoms with Gasteiger partial charge in [-0.1, -0.05) is 0 Å². The average molecular weight is 237 g/mol. The second-order valence-corrected chi connectivity index (χ2v) is 3.48. The van der Waals surface area contributed by atoms with Crippen LogP contribution in [-0.2, 0) is 0 Å². The third-order valence-corrected chi connectivity index (χ3v) is 2.53. The molecule has 0 amide bonds. The minimum Gasteiger partial charge on any atom is -0.502 e. The fourth-order valence-electron chi connectivity index (χ4n) is 1.54. The minimum absolute atomic E-state index is 0.220. The molecular formula is C11H15N3O3. The van der Waals surface area contributed by atoms with Crippen LogP contribution in [0.4, 0.5) is 5.69 Å². The number of aromatic hydroxyl groups is 1. The number of nitro groups is 1. The first-order valence-corrected chi connectivity index (χ1v) is 5.32. The fraction of sp³-hybridized carbons (Fsp3) is 0.364. The molecule has 0 unspecified atom stereocenters. The van der Waals surface area contributed by atoms with Crippen LogP contribution in [0, 0.1) is 15.5 Å². The predicted octanol–water partition coefficient (Wildman–Crippen LogP) is 1.97. The monoisotopic (exact) mass is 237 g/mol. The number of hydrogen-bond acceptors (Lipinski definition) is 4. The lowest BCUT2D eigenvalue weighted by atomic mass is 10.1. The third-order valence-electron chi connectivity index (χ3n) is 2.53. The lowest BCUT2D eigenvalue weighted by Gasteiger charge is -2.21. The first-order chi connectivity index (χ1) is 8.01. The summed E-state index contributed by atoms with van der Waals surface area (Å²) in [5.74, 6) is -0.163. The van der Waals surface area contributed by atoms with Gasteiger partial charge < -0.3 is 10.0 Å². The van der Waals surface area contributed by atoms with Gasteiger partial charge in [-0.2, -0.15) is 0 Å². The fourth-order valence-corrected chi connectivity index (χ4v) is 1.54. The maximum absolute atomic E-state index is 10.7. The number of nitrogens with zero attached hydrogens (tertiary/aromatic N) is 2. The van der Waals surface area contributed by atoms with Crippen molar-refractivity contribution in [1.82, 2.24) is 4.90 Å². The van der Waals surface area contributed by atoms with Gasteiger partial charge in [-0.25, -0.2) is 0 Å². The Labute approximate surface area is 99.1 Å². The van der Waals surface area contributed by atoms with Gasteiger partial charge in [0.15, 0.2) is 5.75 Å². The molecule has 0 aliphatic carbocycles. The zero-order valence-corrected chi connectivity index (χ0v) is 9.80. The highest BCUT2D eigenvalue weighted by atomic mass is 16.6. The van der Waals surface area contributed by atoms with Crippen LogP contribution in [0.5, 0.6) is 5.75 Å². The molecule has 0 fully saturated rings. The van der Waals surface area contributed by atoms with E-state index < -0.39 is 4.92 Å². The van der Waals surface area contributed by atoms with Crippen LogP contribution in [0.1, 0.15) is 19.4 Å². The van der Waals surface area contributed by atoms with Gasteiger partial charge >= 0.3 is 5.69 Å².